The Kier molecular flexibility index (Phi) is 9.36. The molecule has 6 nitrogen and oxygen atoms in total. The highest BCUT2D eigenvalue weighted by Crippen LogP contribution is 2.39. The molecule has 2 fully saturated rings. The van der Waals surface area contributed by atoms with E-state index in [4.69, 9.17) is 9.97 Å². The smallest absolute Gasteiger partial charge is 0.225 e. The van der Waals surface area contributed by atoms with Gasteiger partial charge in [0.1, 0.15) is 0 Å². The van der Waals surface area contributed by atoms with Gasteiger partial charge in [0.15, 0.2) is 0 Å². The van der Waals surface area contributed by atoms with Gasteiger partial charge in [0, 0.05) is 46.6 Å². The highest BCUT2D eigenvalue weighted by Gasteiger charge is 2.32. The second-order valence-electron chi connectivity index (χ2n) is 11.6. The van der Waals surface area contributed by atoms with Crippen molar-refractivity contribution < 1.29 is 9.90 Å². The predicted molar refractivity (Wildman–Crippen MR) is 170 cm³/mol. The Bertz CT molecular complexity index is 1520. The molecule has 0 radical (unpaired) electrons. The van der Waals surface area contributed by atoms with E-state index >= 15 is 0 Å². The van der Waals surface area contributed by atoms with Crippen LogP contribution in [0.25, 0.3) is 10.9 Å². The van der Waals surface area contributed by atoms with Gasteiger partial charge in [0.05, 0.1) is 17.8 Å². The lowest BCUT2D eigenvalue weighted by atomic mass is 9.78. The fourth-order valence-electron chi connectivity index (χ4n) is 6.48. The number of nitrogens with one attached hydrogen (secondary N) is 1. The number of para-hydroxylation sites is 1. The zero-order valence-corrected chi connectivity index (χ0v) is 25.0. The van der Waals surface area contributed by atoms with E-state index in [9.17, 15) is 9.90 Å². The van der Waals surface area contributed by atoms with Crippen molar-refractivity contribution in [3.05, 3.63) is 89.6 Å². The molecule has 1 amide bonds. The number of aromatic nitrogens is 2. The highest BCUT2D eigenvalue weighted by atomic mass is 32.2. The van der Waals surface area contributed by atoms with Gasteiger partial charge < -0.3 is 15.3 Å². The number of anilines is 1. The Hall–Kier alpha value is -3.42. The minimum atomic E-state index is 0.0168. The lowest BCUT2D eigenvalue weighted by molar-refractivity contribution is -0.136. The summed E-state index contributed by atoms with van der Waals surface area (Å²) in [6.45, 7) is 2.43. The average molecular weight is 581 g/mol. The number of benzene rings is 3. The van der Waals surface area contributed by atoms with Crippen LogP contribution in [-0.2, 0) is 17.9 Å². The van der Waals surface area contributed by atoms with Crippen molar-refractivity contribution in [3.8, 4) is 0 Å². The standard InChI is InChI=1S/C35H40N4O2S/c40-24-28-13-4-8-19-32(28)42-31-18-7-3-12-27(31)23-36-35-37-30-17-6-5-16-29(30)33(38-35)25-14-11-15-26(22-25)34(41)39-20-9-1-2-10-21-39/h3-8,12-13,16-19,25-26,40H,1-2,9-11,14-15,20-24H2,(H,36,37,38). The summed E-state index contributed by atoms with van der Waals surface area (Å²) in [6, 6.07) is 24.6. The van der Waals surface area contributed by atoms with Crippen molar-refractivity contribution in [3.63, 3.8) is 0 Å². The number of aliphatic hydroxyl groups is 1. The van der Waals surface area contributed by atoms with Gasteiger partial charge in [-0.15, -0.1) is 0 Å². The number of amides is 1. The normalized spacial score (nSPS) is 19.4. The molecule has 2 atom stereocenters. The van der Waals surface area contributed by atoms with Gasteiger partial charge in [-0.1, -0.05) is 85.6 Å². The number of nitrogens with zero attached hydrogens (tertiary/aromatic N) is 3. The largest absolute Gasteiger partial charge is 0.392 e. The molecule has 1 saturated heterocycles. The van der Waals surface area contributed by atoms with E-state index in [0.29, 0.717) is 18.4 Å². The number of hydrogen-bond acceptors (Lipinski definition) is 6. The maximum absolute atomic E-state index is 13.5. The topological polar surface area (TPSA) is 78.3 Å². The fraction of sp³-hybridized carbons (Fsp3) is 0.400. The minimum Gasteiger partial charge on any atom is -0.392 e. The van der Waals surface area contributed by atoms with Gasteiger partial charge >= 0.3 is 0 Å². The van der Waals surface area contributed by atoms with Crippen LogP contribution in [0.1, 0.15) is 74.1 Å². The van der Waals surface area contributed by atoms with E-state index in [1.807, 2.05) is 36.4 Å². The SMILES string of the molecule is O=C(C1CCCC(c2nc(NCc3ccccc3Sc3ccccc3CO)nc3ccccc23)C1)N1CCCCCC1. The molecule has 218 valence electrons. The summed E-state index contributed by atoms with van der Waals surface area (Å²) >= 11 is 1.67. The van der Waals surface area contributed by atoms with Crippen LogP contribution in [0.15, 0.2) is 82.6 Å². The van der Waals surface area contributed by atoms with Crippen LogP contribution in [0.5, 0.6) is 0 Å². The van der Waals surface area contributed by atoms with Gasteiger partial charge in [0.25, 0.3) is 0 Å². The van der Waals surface area contributed by atoms with Crippen LogP contribution in [0.4, 0.5) is 5.95 Å². The molecule has 7 heteroatoms. The van der Waals surface area contributed by atoms with Crippen molar-refractivity contribution in [2.75, 3.05) is 18.4 Å². The maximum Gasteiger partial charge on any atom is 0.225 e. The molecule has 0 bridgehead atoms. The third kappa shape index (κ3) is 6.63. The first-order chi connectivity index (χ1) is 20.7. The monoisotopic (exact) mass is 580 g/mol. The first-order valence-corrected chi connectivity index (χ1v) is 16.2. The van der Waals surface area contributed by atoms with Gasteiger partial charge in [0.2, 0.25) is 11.9 Å². The molecular weight excluding hydrogens is 540 g/mol. The maximum atomic E-state index is 13.5. The molecule has 2 aliphatic rings. The minimum absolute atomic E-state index is 0.0168. The zero-order valence-electron chi connectivity index (χ0n) is 24.2. The second-order valence-corrected chi connectivity index (χ2v) is 12.7. The molecule has 42 heavy (non-hydrogen) atoms. The highest BCUT2D eigenvalue weighted by molar-refractivity contribution is 7.99. The van der Waals surface area contributed by atoms with Crippen molar-refractivity contribution in [1.29, 1.82) is 0 Å². The number of carbonyl (C=O) groups is 1. The van der Waals surface area contributed by atoms with Crippen LogP contribution >= 0.6 is 11.8 Å². The average Bonchev–Trinajstić information content (AvgIpc) is 3.34. The molecule has 1 saturated carbocycles. The summed E-state index contributed by atoms with van der Waals surface area (Å²) in [4.78, 5) is 27.9. The summed E-state index contributed by atoms with van der Waals surface area (Å²) in [6.07, 6.45) is 8.67. The Labute approximate surface area is 253 Å². The molecule has 3 aromatic carbocycles. The van der Waals surface area contributed by atoms with E-state index in [1.165, 1.54) is 12.8 Å². The molecule has 1 aromatic heterocycles. The van der Waals surface area contributed by atoms with Crippen LogP contribution < -0.4 is 5.32 Å². The molecular formula is C35H40N4O2S. The summed E-state index contributed by atoms with van der Waals surface area (Å²) < 4.78 is 0. The summed E-state index contributed by atoms with van der Waals surface area (Å²) in [5, 5.41) is 14.4. The molecule has 1 aliphatic carbocycles. The van der Waals surface area contributed by atoms with Crippen LogP contribution in [-0.4, -0.2) is 39.0 Å². The summed E-state index contributed by atoms with van der Waals surface area (Å²) in [5.74, 6) is 1.30. The number of aliphatic hydroxyl groups excluding tert-OH is 1. The molecule has 2 unspecified atom stereocenters. The third-order valence-corrected chi connectivity index (χ3v) is 9.97. The quantitative estimate of drug-likeness (QED) is 0.224. The predicted octanol–water partition coefficient (Wildman–Crippen LogP) is 7.56. The van der Waals surface area contributed by atoms with Crippen LogP contribution in [0.3, 0.4) is 0 Å². The molecule has 1 aliphatic heterocycles. The first kappa shape index (κ1) is 28.7. The van der Waals surface area contributed by atoms with E-state index in [2.05, 4.69) is 46.6 Å². The molecule has 4 aromatic rings. The number of likely N-dealkylation sites (tertiary alicyclic amines) is 1. The Balaban J connectivity index is 1.22. The number of rotatable bonds is 8. The summed E-state index contributed by atoms with van der Waals surface area (Å²) in [7, 11) is 0. The van der Waals surface area contributed by atoms with E-state index in [1.54, 1.807) is 11.8 Å². The number of carbonyl (C=O) groups excluding carboxylic acids is 1. The fourth-order valence-corrected chi connectivity index (χ4v) is 7.54. The van der Waals surface area contributed by atoms with E-state index in [-0.39, 0.29) is 18.4 Å². The lowest BCUT2D eigenvalue weighted by Gasteiger charge is -2.32. The van der Waals surface area contributed by atoms with Gasteiger partial charge in [-0.25, -0.2) is 9.97 Å². The Morgan fingerprint density at radius 1 is 0.833 bits per heavy atom. The number of fused-ring (bicyclic) bond motifs is 1. The molecule has 2 heterocycles. The van der Waals surface area contributed by atoms with Crippen molar-refractivity contribution >= 4 is 34.5 Å². The van der Waals surface area contributed by atoms with Crippen molar-refractivity contribution in [2.24, 2.45) is 5.92 Å². The third-order valence-electron chi connectivity index (χ3n) is 8.73. The van der Waals surface area contributed by atoms with Gasteiger partial charge in [-0.05, 0) is 61.4 Å². The first-order valence-electron chi connectivity index (χ1n) is 15.4. The zero-order chi connectivity index (χ0) is 28.7. The van der Waals surface area contributed by atoms with Crippen molar-refractivity contribution in [2.45, 2.75) is 80.2 Å². The molecule has 2 N–H and O–H groups in total. The van der Waals surface area contributed by atoms with Gasteiger partial charge in [-0.3, -0.25) is 4.79 Å². The Morgan fingerprint density at radius 2 is 1.52 bits per heavy atom. The molecule has 0 spiro atoms. The van der Waals surface area contributed by atoms with Crippen LogP contribution in [0, 0.1) is 5.92 Å². The summed E-state index contributed by atoms with van der Waals surface area (Å²) in [5.41, 5.74) is 4.07. The molecule has 6 rings (SSSR count). The lowest BCUT2D eigenvalue weighted by Crippen LogP contribution is -2.38. The second kappa shape index (κ2) is 13.7. The van der Waals surface area contributed by atoms with E-state index in [0.717, 1.165) is 89.1 Å². The number of hydrogen-bond donors (Lipinski definition) is 2. The Morgan fingerprint density at radius 3 is 2.31 bits per heavy atom. The van der Waals surface area contributed by atoms with Crippen molar-refractivity contribution in [1.82, 2.24) is 14.9 Å². The van der Waals surface area contributed by atoms with Crippen LogP contribution in [0.2, 0.25) is 0 Å². The van der Waals surface area contributed by atoms with E-state index < -0.39 is 0 Å². The van der Waals surface area contributed by atoms with Gasteiger partial charge in [-0.2, -0.15) is 0 Å².